The first kappa shape index (κ1) is 24.8. The third-order valence-electron chi connectivity index (χ3n) is 6.14. The average Bonchev–Trinajstić information content (AvgIpc) is 3.50. The van der Waals surface area contributed by atoms with E-state index in [1.165, 1.54) is 35.2 Å². The van der Waals surface area contributed by atoms with Crippen LogP contribution in [-0.2, 0) is 14.8 Å². The molecule has 3 heterocycles. The van der Waals surface area contributed by atoms with E-state index in [2.05, 4.69) is 5.32 Å². The van der Waals surface area contributed by atoms with Crippen molar-refractivity contribution in [1.82, 2.24) is 9.79 Å². The van der Waals surface area contributed by atoms with Crippen LogP contribution < -0.4 is 10.8 Å². The van der Waals surface area contributed by atoms with Crippen LogP contribution in [0, 0.1) is 0 Å². The molecule has 1 fully saturated rings. The van der Waals surface area contributed by atoms with Gasteiger partial charge >= 0.3 is 0 Å². The molecule has 9 nitrogen and oxygen atoms in total. The molecule has 1 aliphatic heterocycles. The second kappa shape index (κ2) is 9.20. The summed E-state index contributed by atoms with van der Waals surface area (Å²) in [6.45, 7) is 3.69. The Bertz CT molecular complexity index is 1580. The van der Waals surface area contributed by atoms with E-state index in [0.29, 0.717) is 38.3 Å². The Balaban J connectivity index is 1.51. The van der Waals surface area contributed by atoms with Crippen LogP contribution >= 0.6 is 23.1 Å². The molecule has 1 atom stereocenters. The zero-order chi connectivity index (χ0) is 25.7. The highest BCUT2D eigenvalue weighted by Crippen LogP contribution is 2.39. The number of carbonyl (C=O) groups is 2. The smallest absolute Gasteiger partial charge is 0.265 e. The van der Waals surface area contributed by atoms with Crippen molar-refractivity contribution in [2.75, 3.05) is 17.6 Å². The highest BCUT2D eigenvalue weighted by molar-refractivity contribution is 8.01. The van der Waals surface area contributed by atoms with Crippen molar-refractivity contribution >= 4 is 72.6 Å². The van der Waals surface area contributed by atoms with Crippen molar-refractivity contribution in [1.29, 1.82) is 0 Å². The minimum Gasteiger partial charge on any atom is -0.456 e. The van der Waals surface area contributed by atoms with Crippen LogP contribution in [0.2, 0.25) is 0 Å². The fourth-order valence-electron chi connectivity index (χ4n) is 4.45. The number of hydrogen-bond acceptors (Lipinski definition) is 8. The summed E-state index contributed by atoms with van der Waals surface area (Å²) in [7, 11) is -4.07. The van der Waals surface area contributed by atoms with Gasteiger partial charge in [0.25, 0.3) is 11.8 Å². The van der Waals surface area contributed by atoms with Crippen molar-refractivity contribution in [3.8, 4) is 0 Å². The third-order valence-corrected chi connectivity index (χ3v) is 10.2. The molecule has 188 valence electrons. The minimum atomic E-state index is -4.07. The molecule has 12 heteroatoms. The molecule has 4 aromatic rings. The number of hydrogen-bond donors (Lipinski definition) is 3. The van der Waals surface area contributed by atoms with Crippen LogP contribution in [0.15, 0.2) is 63.2 Å². The first-order chi connectivity index (χ1) is 17.1. The van der Waals surface area contributed by atoms with Crippen LogP contribution in [0.1, 0.15) is 23.5 Å². The standard InChI is InChI=1S/C24H23N3O6S3/c1-24(2)21(23(29)26-30)27(9-11-35-24)36(31,32)15-6-8-18-17(13-15)16-7-5-14(12-19(16)33-18)25-22(28)20-4-3-10-34-20/h3-8,10,12-13,21,30H,9,11H2,1-2H3,(H,25,28)(H,26,29). The van der Waals surface area contributed by atoms with Crippen molar-refractivity contribution in [3.05, 3.63) is 58.8 Å². The van der Waals surface area contributed by atoms with Crippen molar-refractivity contribution < 1.29 is 27.6 Å². The molecule has 0 saturated carbocycles. The van der Waals surface area contributed by atoms with Gasteiger partial charge in [0.1, 0.15) is 17.2 Å². The number of amides is 2. The molecule has 1 saturated heterocycles. The first-order valence-corrected chi connectivity index (χ1v) is 14.3. The first-order valence-electron chi connectivity index (χ1n) is 11.0. The maximum Gasteiger partial charge on any atom is 0.265 e. The van der Waals surface area contributed by atoms with Crippen LogP contribution in [0.4, 0.5) is 5.69 Å². The zero-order valence-electron chi connectivity index (χ0n) is 19.3. The average molecular weight is 546 g/mol. The van der Waals surface area contributed by atoms with Gasteiger partial charge in [0, 0.05) is 39.6 Å². The number of fused-ring (bicyclic) bond motifs is 3. The van der Waals surface area contributed by atoms with Crippen molar-refractivity contribution in [3.63, 3.8) is 0 Å². The lowest BCUT2D eigenvalue weighted by Gasteiger charge is -2.43. The zero-order valence-corrected chi connectivity index (χ0v) is 21.8. The number of nitrogens with one attached hydrogen (secondary N) is 2. The topological polar surface area (TPSA) is 129 Å². The van der Waals surface area contributed by atoms with Gasteiger partial charge < -0.3 is 9.73 Å². The van der Waals surface area contributed by atoms with Crippen molar-refractivity contribution in [2.24, 2.45) is 0 Å². The summed E-state index contributed by atoms with van der Waals surface area (Å²) in [6.07, 6.45) is 0. The van der Waals surface area contributed by atoms with E-state index in [-0.39, 0.29) is 17.3 Å². The van der Waals surface area contributed by atoms with E-state index in [1.807, 2.05) is 5.38 Å². The summed E-state index contributed by atoms with van der Waals surface area (Å²) in [5, 5.41) is 15.2. The number of thiophene rings is 1. The number of carbonyl (C=O) groups excluding carboxylic acids is 2. The molecule has 36 heavy (non-hydrogen) atoms. The number of anilines is 1. The van der Waals surface area contributed by atoms with Gasteiger partial charge in [0.2, 0.25) is 10.0 Å². The van der Waals surface area contributed by atoms with E-state index < -0.39 is 26.7 Å². The predicted octanol–water partition coefficient (Wildman–Crippen LogP) is 4.29. The van der Waals surface area contributed by atoms with Gasteiger partial charge in [-0.05, 0) is 55.6 Å². The molecular formula is C24H23N3O6S3. The lowest BCUT2D eigenvalue weighted by molar-refractivity contribution is -0.134. The van der Waals surface area contributed by atoms with E-state index in [1.54, 1.807) is 55.7 Å². The molecule has 0 bridgehead atoms. The van der Waals surface area contributed by atoms with Gasteiger partial charge in [-0.2, -0.15) is 16.1 Å². The minimum absolute atomic E-state index is 0.0196. The normalized spacial score (nSPS) is 18.4. The molecule has 2 amide bonds. The SMILES string of the molecule is CC1(C)SCCN(S(=O)(=O)c2ccc3oc4cc(NC(=O)c5cccs5)ccc4c3c2)C1C(=O)NO. The van der Waals surface area contributed by atoms with Gasteiger partial charge in [-0.15, -0.1) is 11.3 Å². The number of furan rings is 1. The predicted molar refractivity (Wildman–Crippen MR) is 140 cm³/mol. The molecule has 5 rings (SSSR count). The fourth-order valence-corrected chi connectivity index (χ4v) is 8.20. The fraction of sp³-hybridized carbons (Fsp3) is 0.250. The Labute approximate surface area is 215 Å². The van der Waals surface area contributed by atoms with E-state index >= 15 is 0 Å². The monoisotopic (exact) mass is 545 g/mol. The maximum atomic E-state index is 13.7. The summed E-state index contributed by atoms with van der Waals surface area (Å²) in [4.78, 5) is 25.5. The van der Waals surface area contributed by atoms with E-state index in [9.17, 15) is 23.2 Å². The highest BCUT2D eigenvalue weighted by Gasteiger charge is 2.48. The van der Waals surface area contributed by atoms with Gasteiger partial charge in [0.05, 0.1) is 9.77 Å². The Hall–Kier alpha value is -2.90. The second-order valence-electron chi connectivity index (χ2n) is 8.85. The molecule has 3 N–H and O–H groups in total. The molecule has 2 aromatic heterocycles. The van der Waals surface area contributed by atoms with E-state index in [4.69, 9.17) is 4.42 Å². The summed E-state index contributed by atoms with van der Waals surface area (Å²) in [5.41, 5.74) is 3.16. The van der Waals surface area contributed by atoms with Gasteiger partial charge in [-0.3, -0.25) is 14.8 Å². The quantitative estimate of drug-likeness (QED) is 0.252. The maximum absolute atomic E-state index is 13.7. The molecule has 0 aliphatic carbocycles. The number of nitrogens with zero attached hydrogens (tertiary/aromatic N) is 1. The number of thioether (sulfide) groups is 1. The van der Waals surface area contributed by atoms with Gasteiger partial charge in [-0.25, -0.2) is 13.9 Å². The van der Waals surface area contributed by atoms with E-state index in [0.717, 1.165) is 4.31 Å². The Morgan fingerprint density at radius 2 is 1.92 bits per heavy atom. The Kier molecular flexibility index (Phi) is 6.33. The van der Waals surface area contributed by atoms with Crippen LogP contribution in [0.5, 0.6) is 0 Å². The number of sulfonamides is 1. The number of rotatable bonds is 5. The van der Waals surface area contributed by atoms with Crippen LogP contribution in [0.3, 0.4) is 0 Å². The Morgan fingerprint density at radius 3 is 2.64 bits per heavy atom. The summed E-state index contributed by atoms with van der Waals surface area (Å²) >= 11 is 2.81. The van der Waals surface area contributed by atoms with Gasteiger partial charge in [0.15, 0.2) is 0 Å². The summed E-state index contributed by atoms with van der Waals surface area (Å²) < 4.78 is 33.7. The van der Waals surface area contributed by atoms with Crippen LogP contribution in [-0.4, -0.2) is 52.8 Å². The number of benzene rings is 2. The third kappa shape index (κ3) is 4.28. The molecule has 2 aromatic carbocycles. The summed E-state index contributed by atoms with van der Waals surface area (Å²) in [6, 6.07) is 12.2. The largest absolute Gasteiger partial charge is 0.456 e. The second-order valence-corrected chi connectivity index (χ2v) is 13.4. The lowest BCUT2D eigenvalue weighted by Crippen LogP contribution is -2.61. The lowest BCUT2D eigenvalue weighted by atomic mass is 10.0. The molecule has 1 aliphatic rings. The summed E-state index contributed by atoms with van der Waals surface area (Å²) in [5.74, 6) is -0.487. The van der Waals surface area contributed by atoms with Crippen LogP contribution in [0.25, 0.3) is 21.9 Å². The molecule has 0 spiro atoms. The molecule has 0 radical (unpaired) electrons. The van der Waals surface area contributed by atoms with Crippen molar-refractivity contribution in [2.45, 2.75) is 29.5 Å². The Morgan fingerprint density at radius 1 is 1.11 bits per heavy atom. The highest BCUT2D eigenvalue weighted by atomic mass is 32.2. The van der Waals surface area contributed by atoms with Gasteiger partial charge in [-0.1, -0.05) is 6.07 Å². The molecule has 1 unspecified atom stereocenters. The number of hydroxylamine groups is 1. The molecular weight excluding hydrogens is 522 g/mol.